The highest BCUT2D eigenvalue weighted by molar-refractivity contribution is 7.89. The molecule has 0 aromatic rings. The maximum Gasteiger partial charge on any atom is 0.213 e. The fourth-order valence-electron chi connectivity index (χ4n) is 2.27. The highest BCUT2D eigenvalue weighted by atomic mass is 32.2. The molecular weight excluding hydrogens is 274 g/mol. The smallest absolute Gasteiger partial charge is 0.213 e. The van der Waals surface area contributed by atoms with Gasteiger partial charge in [0.1, 0.15) is 0 Å². The van der Waals surface area contributed by atoms with Crippen LogP contribution in [0, 0.1) is 0 Å². The Morgan fingerprint density at radius 3 is 2.45 bits per heavy atom. The van der Waals surface area contributed by atoms with E-state index in [1.165, 1.54) is 12.8 Å². The molecule has 1 rings (SSSR count). The SMILES string of the molecule is CCN(CC)CCCC(C)NS(=O)(=O)CCNC1CC1. The molecule has 0 aliphatic heterocycles. The lowest BCUT2D eigenvalue weighted by molar-refractivity contribution is 0.293. The minimum absolute atomic E-state index is 0.0245. The fraction of sp³-hybridized carbons (Fsp3) is 1.00. The van der Waals surface area contributed by atoms with Crippen LogP contribution in [0.15, 0.2) is 0 Å². The summed E-state index contributed by atoms with van der Waals surface area (Å²) in [6, 6.07) is 0.591. The summed E-state index contributed by atoms with van der Waals surface area (Å²) in [4.78, 5) is 2.36. The van der Waals surface area contributed by atoms with Gasteiger partial charge in [0.2, 0.25) is 10.0 Å². The van der Waals surface area contributed by atoms with Crippen molar-refractivity contribution in [2.45, 2.75) is 58.5 Å². The molecule has 0 bridgehead atoms. The van der Waals surface area contributed by atoms with E-state index in [1.54, 1.807) is 0 Å². The Bertz CT molecular complexity index is 351. The Kier molecular flexibility index (Phi) is 8.02. The summed E-state index contributed by atoms with van der Waals surface area (Å²) in [6.07, 6.45) is 4.31. The zero-order chi connectivity index (χ0) is 15.0. The lowest BCUT2D eigenvalue weighted by atomic mass is 10.2. The third kappa shape index (κ3) is 8.19. The Morgan fingerprint density at radius 1 is 1.25 bits per heavy atom. The third-order valence-corrected chi connectivity index (χ3v) is 5.27. The van der Waals surface area contributed by atoms with Gasteiger partial charge in [-0.1, -0.05) is 13.8 Å². The van der Waals surface area contributed by atoms with Crippen LogP contribution in [0.2, 0.25) is 0 Å². The van der Waals surface area contributed by atoms with Gasteiger partial charge in [-0.25, -0.2) is 13.1 Å². The molecule has 120 valence electrons. The van der Waals surface area contributed by atoms with Crippen molar-refractivity contribution in [1.82, 2.24) is 14.9 Å². The molecule has 1 saturated carbocycles. The minimum atomic E-state index is -3.14. The summed E-state index contributed by atoms with van der Waals surface area (Å²) in [5.41, 5.74) is 0. The third-order valence-electron chi connectivity index (χ3n) is 3.77. The largest absolute Gasteiger partial charge is 0.313 e. The van der Waals surface area contributed by atoms with Crippen molar-refractivity contribution in [3.63, 3.8) is 0 Å². The van der Waals surface area contributed by atoms with Crippen molar-refractivity contribution >= 4 is 10.0 Å². The van der Waals surface area contributed by atoms with Crippen molar-refractivity contribution in [3.05, 3.63) is 0 Å². The Balaban J connectivity index is 2.13. The van der Waals surface area contributed by atoms with Gasteiger partial charge in [-0.2, -0.15) is 0 Å². The van der Waals surface area contributed by atoms with E-state index in [2.05, 4.69) is 28.8 Å². The summed E-state index contributed by atoms with van der Waals surface area (Å²) < 4.78 is 26.6. The van der Waals surface area contributed by atoms with Crippen LogP contribution in [0.3, 0.4) is 0 Å². The van der Waals surface area contributed by atoms with Crippen LogP contribution >= 0.6 is 0 Å². The van der Waals surface area contributed by atoms with Crippen molar-refractivity contribution in [3.8, 4) is 0 Å². The van der Waals surface area contributed by atoms with E-state index in [9.17, 15) is 8.42 Å². The first-order valence-corrected chi connectivity index (χ1v) is 9.57. The molecule has 0 aromatic heterocycles. The van der Waals surface area contributed by atoms with Crippen molar-refractivity contribution in [2.24, 2.45) is 0 Å². The van der Waals surface area contributed by atoms with E-state index in [1.807, 2.05) is 6.92 Å². The maximum atomic E-state index is 11.9. The Hall–Kier alpha value is -0.170. The van der Waals surface area contributed by atoms with E-state index in [4.69, 9.17) is 0 Å². The standard InChI is InChI=1S/C14H31N3O2S/c1-4-17(5-2)11-6-7-13(3)16-20(18,19)12-10-15-14-8-9-14/h13-16H,4-12H2,1-3H3. The molecule has 0 aromatic carbocycles. The van der Waals surface area contributed by atoms with Crippen LogP contribution in [-0.2, 0) is 10.0 Å². The van der Waals surface area contributed by atoms with E-state index in [0.717, 1.165) is 32.5 Å². The second-order valence-corrected chi connectivity index (χ2v) is 7.61. The molecule has 20 heavy (non-hydrogen) atoms. The molecule has 0 amide bonds. The number of hydrogen-bond acceptors (Lipinski definition) is 4. The van der Waals surface area contributed by atoms with Crippen LogP contribution < -0.4 is 10.0 Å². The van der Waals surface area contributed by atoms with Gasteiger partial charge in [-0.3, -0.25) is 0 Å². The van der Waals surface area contributed by atoms with Crippen LogP contribution in [0.4, 0.5) is 0 Å². The molecule has 0 radical (unpaired) electrons. The molecule has 1 aliphatic carbocycles. The first kappa shape index (κ1) is 17.9. The topological polar surface area (TPSA) is 61.4 Å². The zero-order valence-electron chi connectivity index (χ0n) is 13.2. The van der Waals surface area contributed by atoms with Gasteiger partial charge in [-0.15, -0.1) is 0 Å². The number of nitrogens with one attached hydrogen (secondary N) is 2. The predicted molar refractivity (Wildman–Crippen MR) is 84.4 cm³/mol. The van der Waals surface area contributed by atoms with Crippen LogP contribution in [-0.4, -0.2) is 57.3 Å². The fourth-order valence-corrected chi connectivity index (χ4v) is 3.51. The number of hydrogen-bond donors (Lipinski definition) is 2. The highest BCUT2D eigenvalue weighted by Gasteiger charge is 2.21. The predicted octanol–water partition coefficient (Wildman–Crippen LogP) is 1.17. The molecule has 5 nitrogen and oxygen atoms in total. The molecule has 6 heteroatoms. The molecule has 0 heterocycles. The normalized spacial score (nSPS) is 17.6. The van der Waals surface area contributed by atoms with E-state index in [0.29, 0.717) is 12.6 Å². The summed E-state index contributed by atoms with van der Waals surface area (Å²) in [7, 11) is -3.14. The molecule has 1 atom stereocenters. The van der Waals surface area contributed by atoms with Crippen molar-refractivity contribution in [1.29, 1.82) is 0 Å². The molecule has 1 aliphatic rings. The molecule has 0 saturated heterocycles. The van der Waals surface area contributed by atoms with Crippen molar-refractivity contribution < 1.29 is 8.42 Å². The van der Waals surface area contributed by atoms with Crippen LogP contribution in [0.1, 0.15) is 46.5 Å². The average Bonchev–Trinajstić information content (AvgIpc) is 3.18. The summed E-state index contributed by atoms with van der Waals surface area (Å²) >= 11 is 0. The van der Waals surface area contributed by atoms with Crippen molar-refractivity contribution in [2.75, 3.05) is 31.9 Å². The van der Waals surface area contributed by atoms with E-state index < -0.39 is 10.0 Å². The number of sulfonamides is 1. The van der Waals surface area contributed by atoms with Gasteiger partial charge in [0.15, 0.2) is 0 Å². The Morgan fingerprint density at radius 2 is 1.90 bits per heavy atom. The maximum absolute atomic E-state index is 11.9. The second-order valence-electron chi connectivity index (χ2n) is 5.74. The monoisotopic (exact) mass is 305 g/mol. The number of nitrogens with zero attached hydrogens (tertiary/aromatic N) is 1. The highest BCUT2D eigenvalue weighted by Crippen LogP contribution is 2.18. The first-order valence-electron chi connectivity index (χ1n) is 7.92. The second kappa shape index (κ2) is 8.97. The molecule has 1 fully saturated rings. The Labute approximate surface area is 124 Å². The lowest BCUT2D eigenvalue weighted by Gasteiger charge is -2.19. The number of rotatable bonds is 12. The van der Waals surface area contributed by atoms with Crippen LogP contribution in [0.5, 0.6) is 0 Å². The van der Waals surface area contributed by atoms with Gasteiger partial charge in [0.25, 0.3) is 0 Å². The van der Waals surface area contributed by atoms with Gasteiger partial charge < -0.3 is 10.2 Å². The van der Waals surface area contributed by atoms with Gasteiger partial charge in [0.05, 0.1) is 5.75 Å². The van der Waals surface area contributed by atoms with E-state index in [-0.39, 0.29) is 11.8 Å². The molecule has 0 spiro atoms. The molecule has 1 unspecified atom stereocenters. The van der Waals surface area contributed by atoms with Crippen LogP contribution in [0.25, 0.3) is 0 Å². The lowest BCUT2D eigenvalue weighted by Crippen LogP contribution is -2.38. The zero-order valence-corrected chi connectivity index (χ0v) is 14.0. The molecular formula is C14H31N3O2S. The van der Waals surface area contributed by atoms with Gasteiger partial charge in [0, 0.05) is 18.6 Å². The van der Waals surface area contributed by atoms with E-state index >= 15 is 0 Å². The molecule has 2 N–H and O–H groups in total. The summed E-state index contributed by atoms with van der Waals surface area (Å²) in [5, 5.41) is 3.23. The summed E-state index contributed by atoms with van der Waals surface area (Å²) in [6.45, 7) is 9.99. The average molecular weight is 305 g/mol. The summed E-state index contributed by atoms with van der Waals surface area (Å²) in [5.74, 6) is 0.184. The quantitative estimate of drug-likeness (QED) is 0.568. The van der Waals surface area contributed by atoms with Gasteiger partial charge in [-0.05, 0) is 52.2 Å². The van der Waals surface area contributed by atoms with Gasteiger partial charge >= 0.3 is 0 Å². The minimum Gasteiger partial charge on any atom is -0.313 e. The first-order chi connectivity index (χ1) is 9.46.